The third-order valence-corrected chi connectivity index (χ3v) is 4.24. The predicted octanol–water partition coefficient (Wildman–Crippen LogP) is 4.20. The normalized spacial score (nSPS) is 12.0. The van der Waals surface area contributed by atoms with Gasteiger partial charge in [-0.3, -0.25) is 4.40 Å². The summed E-state index contributed by atoms with van der Waals surface area (Å²) in [4.78, 5) is 4.87. The number of para-hydroxylation sites is 4. The molecule has 0 aliphatic carbocycles. The summed E-state index contributed by atoms with van der Waals surface area (Å²) in [7, 11) is 0. The first-order valence-electron chi connectivity index (χ1n) is 7.10. The molecule has 0 saturated carbocycles. The largest absolute Gasteiger partial charge is 0.312 e. The van der Waals surface area contributed by atoms with Crippen molar-refractivity contribution in [1.29, 1.82) is 0 Å². The molecule has 3 nitrogen and oxygen atoms in total. The number of nitrogens with zero attached hydrogens (tertiary/aromatic N) is 3. The first-order valence-corrected chi connectivity index (χ1v) is 7.10. The van der Waals surface area contributed by atoms with Crippen LogP contribution in [0.2, 0.25) is 0 Å². The second-order valence-corrected chi connectivity index (χ2v) is 5.47. The van der Waals surface area contributed by atoms with E-state index in [9.17, 15) is 0 Å². The van der Waals surface area contributed by atoms with Crippen molar-refractivity contribution in [3.05, 3.63) is 66.4 Å². The van der Waals surface area contributed by atoms with Crippen LogP contribution in [0.3, 0.4) is 0 Å². The highest BCUT2D eigenvalue weighted by Gasteiger charge is 2.14. The molecular formula is C18H13N3. The molecule has 100 valence electrons. The molecule has 3 aromatic heterocycles. The molecule has 2 aromatic carbocycles. The minimum atomic E-state index is 1.03. The van der Waals surface area contributed by atoms with Crippen molar-refractivity contribution in [3.8, 4) is 0 Å². The fourth-order valence-corrected chi connectivity index (χ4v) is 3.30. The summed E-state index contributed by atoms with van der Waals surface area (Å²) < 4.78 is 4.51. The summed E-state index contributed by atoms with van der Waals surface area (Å²) in [5.41, 5.74) is 8.05. The van der Waals surface area contributed by atoms with Gasteiger partial charge < -0.3 is 4.40 Å². The zero-order valence-electron chi connectivity index (χ0n) is 11.6. The van der Waals surface area contributed by atoms with Crippen molar-refractivity contribution >= 4 is 33.2 Å². The minimum absolute atomic E-state index is 1.03. The Morgan fingerprint density at radius 3 is 2.38 bits per heavy atom. The highest BCUT2D eigenvalue weighted by molar-refractivity contribution is 5.96. The lowest BCUT2D eigenvalue weighted by molar-refractivity contribution is 1.20. The number of rotatable bonds is 0. The Morgan fingerprint density at radius 2 is 1.52 bits per heavy atom. The van der Waals surface area contributed by atoms with Crippen molar-refractivity contribution in [2.24, 2.45) is 0 Å². The number of aromatic nitrogens is 3. The summed E-state index contributed by atoms with van der Waals surface area (Å²) in [6, 6.07) is 19.0. The first-order chi connectivity index (χ1) is 10.3. The van der Waals surface area contributed by atoms with Gasteiger partial charge in [-0.05, 0) is 42.8 Å². The maximum absolute atomic E-state index is 4.87. The Hall–Kier alpha value is -2.81. The van der Waals surface area contributed by atoms with Gasteiger partial charge in [0.25, 0.3) is 0 Å². The molecule has 0 radical (unpaired) electrons. The Bertz CT molecular complexity index is 1140. The highest BCUT2D eigenvalue weighted by Crippen LogP contribution is 2.28. The van der Waals surface area contributed by atoms with Gasteiger partial charge in [0.05, 0.1) is 27.6 Å². The van der Waals surface area contributed by atoms with E-state index in [1.807, 2.05) is 6.07 Å². The third kappa shape index (κ3) is 1.26. The molecule has 3 heteroatoms. The summed E-state index contributed by atoms with van der Waals surface area (Å²) in [5.74, 6) is 0. The summed E-state index contributed by atoms with van der Waals surface area (Å²) in [6.45, 7) is 2.14. The second kappa shape index (κ2) is 3.64. The lowest BCUT2D eigenvalue weighted by Crippen LogP contribution is -1.96. The van der Waals surface area contributed by atoms with E-state index in [1.165, 1.54) is 22.1 Å². The molecule has 0 spiro atoms. The molecule has 0 atom stereocenters. The van der Waals surface area contributed by atoms with Gasteiger partial charge in [0.2, 0.25) is 0 Å². The molecule has 0 bridgehead atoms. The van der Waals surface area contributed by atoms with E-state index in [4.69, 9.17) is 4.98 Å². The van der Waals surface area contributed by atoms with Gasteiger partial charge >= 0.3 is 0 Å². The maximum atomic E-state index is 4.87. The average molecular weight is 271 g/mol. The van der Waals surface area contributed by atoms with Crippen molar-refractivity contribution in [1.82, 2.24) is 13.8 Å². The van der Waals surface area contributed by atoms with E-state index < -0.39 is 0 Å². The molecule has 0 aliphatic heterocycles. The van der Waals surface area contributed by atoms with Gasteiger partial charge in [-0.15, -0.1) is 0 Å². The first kappa shape index (κ1) is 10.9. The topological polar surface area (TPSA) is 21.7 Å². The van der Waals surface area contributed by atoms with Gasteiger partial charge in [-0.1, -0.05) is 24.3 Å². The van der Waals surface area contributed by atoms with Gasteiger partial charge in [0, 0.05) is 6.20 Å². The van der Waals surface area contributed by atoms with Gasteiger partial charge in [0.1, 0.15) is 0 Å². The standard InChI is InChI=1S/C18H13N3/c1-12-10-11-20-15-8-4-5-9-16(15)21-14-7-3-2-6-13(14)19-18(21)17(12)20/h2-11H,1H3. The maximum Gasteiger partial charge on any atom is 0.163 e. The minimum Gasteiger partial charge on any atom is -0.312 e. The molecule has 5 aromatic rings. The second-order valence-electron chi connectivity index (χ2n) is 5.47. The van der Waals surface area contributed by atoms with E-state index in [-0.39, 0.29) is 0 Å². The van der Waals surface area contributed by atoms with Crippen LogP contribution in [-0.4, -0.2) is 13.8 Å². The molecular weight excluding hydrogens is 258 g/mol. The van der Waals surface area contributed by atoms with Crippen LogP contribution < -0.4 is 0 Å². The molecule has 3 heterocycles. The Morgan fingerprint density at radius 1 is 0.810 bits per heavy atom. The van der Waals surface area contributed by atoms with Crippen molar-refractivity contribution < 1.29 is 0 Å². The summed E-state index contributed by atoms with van der Waals surface area (Å²) in [6.07, 6.45) is 2.13. The molecule has 5 rings (SSSR count). The van der Waals surface area contributed by atoms with Crippen LogP contribution in [0.4, 0.5) is 0 Å². The Kier molecular flexibility index (Phi) is 1.89. The van der Waals surface area contributed by atoms with Crippen LogP contribution in [0.5, 0.6) is 0 Å². The van der Waals surface area contributed by atoms with Gasteiger partial charge in [0.15, 0.2) is 5.65 Å². The smallest absolute Gasteiger partial charge is 0.163 e. The Labute approximate surface area is 121 Å². The molecule has 21 heavy (non-hydrogen) atoms. The third-order valence-electron chi connectivity index (χ3n) is 4.24. The van der Waals surface area contributed by atoms with Crippen LogP contribution in [-0.2, 0) is 0 Å². The number of benzene rings is 2. The molecule has 0 amide bonds. The van der Waals surface area contributed by atoms with Crippen molar-refractivity contribution in [2.45, 2.75) is 6.92 Å². The number of hydrogen-bond donors (Lipinski definition) is 0. The monoisotopic (exact) mass is 271 g/mol. The highest BCUT2D eigenvalue weighted by atomic mass is 15.1. The van der Waals surface area contributed by atoms with Crippen molar-refractivity contribution in [2.75, 3.05) is 0 Å². The van der Waals surface area contributed by atoms with E-state index in [0.29, 0.717) is 0 Å². The molecule has 0 aliphatic rings. The van der Waals surface area contributed by atoms with E-state index in [2.05, 4.69) is 70.5 Å². The van der Waals surface area contributed by atoms with E-state index in [0.717, 1.165) is 16.7 Å². The Balaban J connectivity index is 2.27. The lowest BCUT2D eigenvalue weighted by Gasteiger charge is -2.08. The number of fused-ring (bicyclic) bond motifs is 8. The van der Waals surface area contributed by atoms with Crippen LogP contribution in [0.1, 0.15) is 5.56 Å². The molecule has 0 saturated heterocycles. The summed E-state index contributed by atoms with van der Waals surface area (Å²) >= 11 is 0. The summed E-state index contributed by atoms with van der Waals surface area (Å²) in [5, 5.41) is 0. The van der Waals surface area contributed by atoms with Crippen LogP contribution in [0, 0.1) is 6.92 Å². The zero-order valence-corrected chi connectivity index (χ0v) is 11.6. The molecule has 0 N–H and O–H groups in total. The fourth-order valence-electron chi connectivity index (χ4n) is 3.30. The van der Waals surface area contributed by atoms with E-state index in [1.54, 1.807) is 0 Å². The number of aryl methyl sites for hydroxylation is 1. The molecule has 0 fully saturated rings. The van der Waals surface area contributed by atoms with Crippen LogP contribution >= 0.6 is 0 Å². The van der Waals surface area contributed by atoms with Crippen molar-refractivity contribution in [3.63, 3.8) is 0 Å². The SMILES string of the molecule is Cc1ccn2c3ccccc3n3c4ccccc4nc3c12. The zero-order chi connectivity index (χ0) is 14.0. The quantitative estimate of drug-likeness (QED) is 0.413. The predicted molar refractivity (Wildman–Crippen MR) is 85.9 cm³/mol. The van der Waals surface area contributed by atoms with Gasteiger partial charge in [-0.25, -0.2) is 4.98 Å². The number of hydrogen-bond acceptors (Lipinski definition) is 1. The van der Waals surface area contributed by atoms with Gasteiger partial charge in [-0.2, -0.15) is 0 Å². The van der Waals surface area contributed by atoms with E-state index >= 15 is 0 Å². The number of imidazole rings is 1. The lowest BCUT2D eigenvalue weighted by atomic mass is 10.2. The average Bonchev–Trinajstić information content (AvgIpc) is 3.08. The van der Waals surface area contributed by atoms with Crippen LogP contribution in [0.25, 0.3) is 33.2 Å². The molecule has 0 unspecified atom stereocenters. The van der Waals surface area contributed by atoms with Crippen LogP contribution in [0.15, 0.2) is 60.8 Å². The fraction of sp³-hybridized carbons (Fsp3) is 0.0556.